The molecule has 0 radical (unpaired) electrons. The van der Waals surface area contributed by atoms with Crippen LogP contribution in [0.3, 0.4) is 0 Å². The summed E-state index contributed by atoms with van der Waals surface area (Å²) in [6.07, 6.45) is 6.50. The molecule has 1 aliphatic carbocycles. The first-order valence-corrected chi connectivity index (χ1v) is 11.0. The Morgan fingerprint density at radius 1 is 1.21 bits per heavy atom. The van der Waals surface area contributed by atoms with E-state index in [0.717, 1.165) is 11.8 Å². The molecule has 1 aliphatic heterocycles. The highest BCUT2D eigenvalue weighted by Gasteiger charge is 2.65. The Morgan fingerprint density at radius 2 is 1.92 bits per heavy atom. The van der Waals surface area contributed by atoms with Crippen LogP contribution >= 0.6 is 0 Å². The summed E-state index contributed by atoms with van der Waals surface area (Å²) >= 11 is 0. The van der Waals surface area contributed by atoms with E-state index < -0.39 is 10.0 Å². The zero-order chi connectivity index (χ0) is 17.4. The monoisotopic (exact) mass is 350 g/mol. The van der Waals surface area contributed by atoms with Gasteiger partial charge in [0.1, 0.15) is 0 Å². The highest BCUT2D eigenvalue weighted by Crippen LogP contribution is 2.63. The Bertz CT molecular complexity index is 674. The summed E-state index contributed by atoms with van der Waals surface area (Å²) in [5.74, 6) is 1.44. The fourth-order valence-corrected chi connectivity index (χ4v) is 5.02. The molecule has 2 unspecified atom stereocenters. The molecule has 1 aromatic carbocycles. The van der Waals surface area contributed by atoms with E-state index in [0.29, 0.717) is 5.69 Å². The maximum atomic E-state index is 11.4. The van der Waals surface area contributed by atoms with Gasteiger partial charge >= 0.3 is 0 Å². The molecule has 1 saturated heterocycles. The fraction of sp³-hybridized carbons (Fsp3) is 0.684. The molecule has 1 N–H and O–H groups in total. The number of rotatable bonds is 8. The molecule has 3 rings (SSSR count). The standard InChI is InChI=1S/C19H30N2O2S/c1-4-5-6-7-11-21-13-17-18(14-21)19(17,2)15-9-8-10-16(12-15)20-24(3,22)23/h8-10,12,17-18,20H,4-7,11,13-14H2,1-3H3. The average Bonchev–Trinajstić information content (AvgIpc) is 2.88. The fourth-order valence-electron chi connectivity index (χ4n) is 4.47. The number of likely N-dealkylation sites (tertiary alicyclic amines) is 1. The number of sulfonamides is 1. The highest BCUT2D eigenvalue weighted by atomic mass is 32.2. The number of nitrogens with one attached hydrogen (secondary N) is 1. The lowest BCUT2D eigenvalue weighted by Gasteiger charge is -2.24. The minimum atomic E-state index is -3.22. The molecule has 2 aliphatic rings. The van der Waals surface area contributed by atoms with Gasteiger partial charge in [-0.2, -0.15) is 0 Å². The molecule has 4 nitrogen and oxygen atoms in total. The summed E-state index contributed by atoms with van der Waals surface area (Å²) in [6, 6.07) is 7.96. The molecule has 0 spiro atoms. The minimum absolute atomic E-state index is 0.217. The molecule has 0 aromatic heterocycles. The van der Waals surface area contributed by atoms with Crippen molar-refractivity contribution in [1.29, 1.82) is 0 Å². The summed E-state index contributed by atoms with van der Waals surface area (Å²) in [6.45, 7) is 8.21. The molecule has 1 aromatic rings. The Morgan fingerprint density at radius 3 is 2.54 bits per heavy atom. The van der Waals surface area contributed by atoms with Gasteiger partial charge in [-0.3, -0.25) is 4.72 Å². The lowest BCUT2D eigenvalue weighted by Crippen LogP contribution is -2.29. The second-order valence-electron chi connectivity index (χ2n) is 7.77. The number of unbranched alkanes of at least 4 members (excludes halogenated alkanes) is 3. The third-order valence-corrected chi connectivity index (χ3v) is 6.55. The molecule has 2 fully saturated rings. The van der Waals surface area contributed by atoms with Gasteiger partial charge in [0.15, 0.2) is 0 Å². The van der Waals surface area contributed by atoms with Crippen LogP contribution in [0.1, 0.15) is 45.1 Å². The van der Waals surface area contributed by atoms with Crippen molar-refractivity contribution in [3.05, 3.63) is 29.8 Å². The van der Waals surface area contributed by atoms with Crippen LogP contribution in [0.5, 0.6) is 0 Å². The summed E-state index contributed by atoms with van der Waals surface area (Å²) in [4.78, 5) is 2.62. The van der Waals surface area contributed by atoms with Crippen LogP contribution in [0.15, 0.2) is 24.3 Å². The summed E-state index contributed by atoms with van der Waals surface area (Å²) < 4.78 is 25.5. The SMILES string of the molecule is CCCCCCN1CC2C(C1)C2(C)c1cccc(NS(C)(=O)=O)c1. The van der Waals surface area contributed by atoms with Crippen LogP contribution in [0.2, 0.25) is 0 Å². The minimum Gasteiger partial charge on any atom is -0.303 e. The van der Waals surface area contributed by atoms with Crippen molar-refractivity contribution in [1.82, 2.24) is 4.90 Å². The first kappa shape index (κ1) is 17.7. The number of piperidine rings is 1. The van der Waals surface area contributed by atoms with Crippen LogP contribution in [-0.2, 0) is 15.4 Å². The summed E-state index contributed by atoms with van der Waals surface area (Å²) in [7, 11) is -3.22. The third-order valence-electron chi connectivity index (χ3n) is 5.94. The van der Waals surface area contributed by atoms with Gasteiger partial charge in [-0.25, -0.2) is 8.42 Å². The van der Waals surface area contributed by atoms with Crippen molar-refractivity contribution >= 4 is 15.7 Å². The van der Waals surface area contributed by atoms with Crippen LogP contribution in [0, 0.1) is 11.8 Å². The normalized spacial score (nSPS) is 29.5. The third kappa shape index (κ3) is 3.62. The number of fused-ring (bicyclic) bond motifs is 1. The second kappa shape index (κ2) is 6.68. The molecule has 0 amide bonds. The van der Waals surface area contributed by atoms with Crippen LogP contribution in [0.25, 0.3) is 0 Å². The van der Waals surface area contributed by atoms with Gasteiger partial charge in [-0.1, -0.05) is 45.2 Å². The van der Waals surface area contributed by atoms with Crippen LogP contribution in [-0.4, -0.2) is 39.2 Å². The van der Waals surface area contributed by atoms with E-state index >= 15 is 0 Å². The Hall–Kier alpha value is -1.07. The van der Waals surface area contributed by atoms with Crippen molar-refractivity contribution in [2.45, 2.75) is 44.9 Å². The van der Waals surface area contributed by atoms with Crippen molar-refractivity contribution in [2.24, 2.45) is 11.8 Å². The topological polar surface area (TPSA) is 49.4 Å². The van der Waals surface area contributed by atoms with Crippen molar-refractivity contribution < 1.29 is 8.42 Å². The van der Waals surface area contributed by atoms with Gasteiger partial charge in [0, 0.05) is 24.2 Å². The lowest BCUT2D eigenvalue weighted by molar-refractivity contribution is 0.271. The summed E-state index contributed by atoms with van der Waals surface area (Å²) in [5.41, 5.74) is 2.17. The maximum absolute atomic E-state index is 11.4. The Balaban J connectivity index is 1.59. The zero-order valence-electron chi connectivity index (χ0n) is 15.1. The number of hydrogen-bond donors (Lipinski definition) is 1. The maximum Gasteiger partial charge on any atom is 0.229 e. The molecule has 24 heavy (non-hydrogen) atoms. The second-order valence-corrected chi connectivity index (χ2v) is 9.52. The smallest absolute Gasteiger partial charge is 0.229 e. The van der Waals surface area contributed by atoms with E-state index in [2.05, 4.69) is 29.5 Å². The van der Waals surface area contributed by atoms with E-state index in [1.165, 1.54) is 57.1 Å². The number of hydrogen-bond acceptors (Lipinski definition) is 3. The molecule has 1 heterocycles. The largest absolute Gasteiger partial charge is 0.303 e. The quantitative estimate of drug-likeness (QED) is 0.731. The molecule has 1 saturated carbocycles. The molecular weight excluding hydrogens is 320 g/mol. The lowest BCUT2D eigenvalue weighted by atomic mass is 9.92. The van der Waals surface area contributed by atoms with Crippen molar-refractivity contribution in [3.8, 4) is 0 Å². The average molecular weight is 351 g/mol. The number of anilines is 1. The molecule has 2 atom stereocenters. The number of benzene rings is 1. The molecule has 134 valence electrons. The zero-order valence-corrected chi connectivity index (χ0v) is 15.9. The molecule has 5 heteroatoms. The molecular formula is C19H30N2O2S. The molecule has 0 bridgehead atoms. The van der Waals surface area contributed by atoms with E-state index in [1.807, 2.05) is 18.2 Å². The first-order valence-electron chi connectivity index (χ1n) is 9.15. The van der Waals surface area contributed by atoms with Gasteiger partial charge in [0.25, 0.3) is 0 Å². The van der Waals surface area contributed by atoms with E-state index in [1.54, 1.807) is 0 Å². The van der Waals surface area contributed by atoms with Crippen LogP contribution < -0.4 is 4.72 Å². The van der Waals surface area contributed by atoms with E-state index in [9.17, 15) is 8.42 Å². The first-order chi connectivity index (χ1) is 11.3. The van der Waals surface area contributed by atoms with Gasteiger partial charge in [0.2, 0.25) is 10.0 Å². The summed E-state index contributed by atoms with van der Waals surface area (Å²) in [5, 5.41) is 0. The van der Waals surface area contributed by atoms with E-state index in [-0.39, 0.29) is 5.41 Å². The van der Waals surface area contributed by atoms with Gasteiger partial charge in [-0.15, -0.1) is 0 Å². The number of nitrogens with zero attached hydrogens (tertiary/aromatic N) is 1. The highest BCUT2D eigenvalue weighted by molar-refractivity contribution is 7.92. The van der Waals surface area contributed by atoms with E-state index in [4.69, 9.17) is 0 Å². The van der Waals surface area contributed by atoms with Crippen molar-refractivity contribution in [3.63, 3.8) is 0 Å². The van der Waals surface area contributed by atoms with Gasteiger partial charge in [-0.05, 0) is 42.5 Å². The van der Waals surface area contributed by atoms with Gasteiger partial charge < -0.3 is 4.90 Å². The Labute approximate surface area is 146 Å². The Kier molecular flexibility index (Phi) is 4.94. The van der Waals surface area contributed by atoms with Crippen LogP contribution in [0.4, 0.5) is 5.69 Å². The predicted molar refractivity (Wildman–Crippen MR) is 99.8 cm³/mol. The van der Waals surface area contributed by atoms with Gasteiger partial charge in [0.05, 0.1) is 6.26 Å². The van der Waals surface area contributed by atoms with Crippen molar-refractivity contribution in [2.75, 3.05) is 30.6 Å². The predicted octanol–water partition coefficient (Wildman–Crippen LogP) is 3.46.